The minimum absolute atomic E-state index is 0.0529. The van der Waals surface area contributed by atoms with Crippen molar-refractivity contribution in [2.24, 2.45) is 0 Å². The van der Waals surface area contributed by atoms with Crippen molar-refractivity contribution in [1.29, 1.82) is 0 Å². The van der Waals surface area contributed by atoms with Gasteiger partial charge in [0.15, 0.2) is 16.6 Å². The highest BCUT2D eigenvalue weighted by Gasteiger charge is 2.53. The highest BCUT2D eigenvalue weighted by Crippen LogP contribution is 2.53. The average molecular weight is 631 g/mol. The number of carbonyl (C=O) groups is 2. The molecule has 8 nitrogen and oxygen atoms in total. The van der Waals surface area contributed by atoms with E-state index >= 15 is 4.39 Å². The minimum Gasteiger partial charge on any atom is -0.465 e. The van der Waals surface area contributed by atoms with Crippen LogP contribution in [-0.4, -0.2) is 47.4 Å². The monoisotopic (exact) mass is 629 g/mol. The van der Waals surface area contributed by atoms with Gasteiger partial charge in [-0.3, -0.25) is 0 Å². The summed E-state index contributed by atoms with van der Waals surface area (Å²) in [5.41, 5.74) is 0.859. The molecule has 3 aliphatic rings. The van der Waals surface area contributed by atoms with Crippen LogP contribution < -0.4 is 4.90 Å². The maximum atomic E-state index is 15.3. The number of aryl methyl sites for hydroxylation is 1. The number of aromatic nitrogens is 2. The molecule has 3 atom stereocenters. The number of rotatable bonds is 6. The van der Waals surface area contributed by atoms with Gasteiger partial charge in [-0.15, -0.1) is 0 Å². The number of alkyl halides is 1. The number of thiazole rings is 1. The average Bonchev–Trinajstić information content (AvgIpc) is 3.26. The van der Waals surface area contributed by atoms with E-state index in [1.807, 2.05) is 13.0 Å². The van der Waals surface area contributed by atoms with Crippen LogP contribution in [-0.2, 0) is 15.1 Å². The predicted octanol–water partition coefficient (Wildman–Crippen LogP) is 7.67. The maximum absolute atomic E-state index is 15.3. The first-order valence-electron chi connectivity index (χ1n) is 13.8. The van der Waals surface area contributed by atoms with E-state index < -0.39 is 11.6 Å². The Morgan fingerprint density at radius 3 is 2.45 bits per heavy atom. The summed E-state index contributed by atoms with van der Waals surface area (Å²) in [5, 5.41) is 5.48. The van der Waals surface area contributed by atoms with Crippen molar-refractivity contribution in [3.05, 3.63) is 62.8 Å². The third-order valence-corrected chi connectivity index (χ3v) is 10.1. The molecule has 0 radical (unpaired) electrons. The van der Waals surface area contributed by atoms with Crippen molar-refractivity contribution in [2.45, 2.75) is 69.3 Å². The van der Waals surface area contributed by atoms with E-state index in [1.165, 1.54) is 7.11 Å². The van der Waals surface area contributed by atoms with E-state index in [0.29, 0.717) is 24.0 Å². The zero-order chi connectivity index (χ0) is 29.3. The van der Waals surface area contributed by atoms with Gasteiger partial charge in [-0.05, 0) is 62.4 Å². The summed E-state index contributed by atoms with van der Waals surface area (Å²) in [5.74, 6) is -1.20. The van der Waals surface area contributed by atoms with E-state index in [2.05, 4.69) is 10.1 Å². The van der Waals surface area contributed by atoms with E-state index in [4.69, 9.17) is 42.2 Å². The van der Waals surface area contributed by atoms with Crippen LogP contribution in [0.15, 0.2) is 34.9 Å². The minimum atomic E-state index is -1.76. The van der Waals surface area contributed by atoms with Gasteiger partial charge >= 0.3 is 11.9 Å². The van der Waals surface area contributed by atoms with Gasteiger partial charge in [-0.1, -0.05) is 45.8 Å². The summed E-state index contributed by atoms with van der Waals surface area (Å²) in [6.45, 7) is 1.94. The summed E-state index contributed by atoms with van der Waals surface area (Å²) in [6, 6.07) is 8.80. The van der Waals surface area contributed by atoms with Crippen molar-refractivity contribution in [2.75, 3.05) is 12.0 Å². The molecule has 2 bridgehead atoms. The van der Waals surface area contributed by atoms with Crippen LogP contribution in [0.25, 0.3) is 21.5 Å². The highest BCUT2D eigenvalue weighted by atomic mass is 35.5. The zero-order valence-electron chi connectivity index (χ0n) is 22.8. The smallest absolute Gasteiger partial charge is 0.344 e. The van der Waals surface area contributed by atoms with E-state index in [1.54, 1.807) is 35.6 Å². The molecule has 0 amide bonds. The second-order valence-electron chi connectivity index (χ2n) is 11.2. The van der Waals surface area contributed by atoms with Crippen molar-refractivity contribution in [1.82, 2.24) is 10.1 Å². The summed E-state index contributed by atoms with van der Waals surface area (Å²) in [7, 11) is 1.37. The lowest BCUT2D eigenvalue weighted by molar-refractivity contribution is 0.0198. The Balaban J connectivity index is 1.15. The Morgan fingerprint density at radius 1 is 1.12 bits per heavy atom. The number of benzene rings is 2. The molecule has 2 saturated heterocycles. The molecule has 3 fully saturated rings. The van der Waals surface area contributed by atoms with E-state index in [0.717, 1.165) is 33.8 Å². The molecular formula is C30H26Cl2FN3O5S. The summed E-state index contributed by atoms with van der Waals surface area (Å²) in [6.07, 6.45) is 3.19. The molecule has 7 rings (SSSR count). The quantitative estimate of drug-likeness (QED) is 0.201. The summed E-state index contributed by atoms with van der Waals surface area (Å²) >= 11 is 14.4. The Hall–Kier alpha value is -3.21. The lowest BCUT2D eigenvalue weighted by Gasteiger charge is -2.38. The predicted molar refractivity (Wildman–Crippen MR) is 157 cm³/mol. The number of esters is 2. The van der Waals surface area contributed by atoms with Gasteiger partial charge in [0, 0.05) is 30.5 Å². The van der Waals surface area contributed by atoms with Gasteiger partial charge in [0.1, 0.15) is 17.4 Å². The number of nitrogens with zero attached hydrogens (tertiary/aromatic N) is 3. The molecule has 4 heterocycles. The van der Waals surface area contributed by atoms with Crippen LogP contribution >= 0.6 is 34.5 Å². The van der Waals surface area contributed by atoms with Crippen LogP contribution in [0.1, 0.15) is 70.6 Å². The molecule has 2 aromatic carbocycles. The van der Waals surface area contributed by atoms with Crippen LogP contribution in [0, 0.1) is 6.92 Å². The number of carbonyl (C=O) groups excluding carboxylic acids is 2. The Morgan fingerprint density at radius 2 is 1.81 bits per heavy atom. The molecule has 1 aliphatic carbocycles. The molecule has 12 heteroatoms. The Kier molecular flexibility index (Phi) is 6.71. The lowest BCUT2D eigenvalue weighted by Crippen LogP contribution is -2.46. The molecule has 2 aromatic heterocycles. The summed E-state index contributed by atoms with van der Waals surface area (Å²) < 4.78 is 32.6. The lowest BCUT2D eigenvalue weighted by atomic mass is 9.99. The van der Waals surface area contributed by atoms with E-state index in [-0.39, 0.29) is 64.1 Å². The van der Waals surface area contributed by atoms with Crippen LogP contribution in [0.5, 0.6) is 0 Å². The fourth-order valence-electron chi connectivity index (χ4n) is 6.29. The standard InChI is InChI=1S/C30H26Cl2FN3O5S/c1-14-10-15(27(37)39-2)11-21-24(14)34-29(42-21)36-16-6-7-17(36)13-18(12-16)40-28(38)23-25(22-19(31)4-3-5-20(22)32)35-41-26(23)30(33)8-9-30/h3-5,10-11,16-18H,6-9,12-13H2,1-2H3/t16-,17+,18?. The molecule has 4 aromatic rings. The number of ether oxygens (including phenoxy) is 2. The first-order valence-corrected chi connectivity index (χ1v) is 15.4. The molecule has 42 heavy (non-hydrogen) atoms. The zero-order valence-corrected chi connectivity index (χ0v) is 25.1. The Bertz CT molecular complexity index is 1720. The van der Waals surface area contributed by atoms with Crippen molar-refractivity contribution < 1.29 is 28.0 Å². The van der Waals surface area contributed by atoms with Crippen LogP contribution in [0.3, 0.4) is 0 Å². The number of fused-ring (bicyclic) bond motifs is 3. The van der Waals surface area contributed by atoms with Crippen molar-refractivity contribution in [3.63, 3.8) is 0 Å². The fourth-order valence-corrected chi connectivity index (χ4v) is 8.10. The van der Waals surface area contributed by atoms with Gasteiger partial charge in [-0.2, -0.15) is 0 Å². The third kappa shape index (κ3) is 4.55. The molecule has 0 spiro atoms. The largest absolute Gasteiger partial charge is 0.465 e. The summed E-state index contributed by atoms with van der Waals surface area (Å²) in [4.78, 5) is 33.1. The maximum Gasteiger partial charge on any atom is 0.344 e. The normalized spacial score (nSPS) is 22.4. The van der Waals surface area contributed by atoms with Crippen molar-refractivity contribution >= 4 is 61.8 Å². The van der Waals surface area contributed by atoms with Gasteiger partial charge in [0.2, 0.25) is 0 Å². The van der Waals surface area contributed by atoms with Gasteiger partial charge < -0.3 is 18.9 Å². The van der Waals surface area contributed by atoms with Gasteiger partial charge in [0.05, 0.1) is 32.9 Å². The molecule has 1 saturated carbocycles. The SMILES string of the molecule is COC(=O)c1cc(C)c2nc(N3[C@@H]4CC[C@H]3CC(OC(=O)c3c(-c5c(Cl)cccc5Cl)noc3C3(F)CC3)C4)sc2c1. The molecular weight excluding hydrogens is 604 g/mol. The second kappa shape index (κ2) is 10.2. The van der Waals surface area contributed by atoms with E-state index in [9.17, 15) is 9.59 Å². The fraction of sp³-hybridized carbons (Fsp3) is 0.400. The molecule has 2 aliphatic heterocycles. The molecule has 1 unspecified atom stereocenters. The molecule has 0 N–H and O–H groups in total. The van der Waals surface area contributed by atoms with Crippen molar-refractivity contribution in [3.8, 4) is 11.3 Å². The van der Waals surface area contributed by atoms with Crippen LogP contribution in [0.4, 0.5) is 9.52 Å². The first-order chi connectivity index (χ1) is 20.2. The second-order valence-corrected chi connectivity index (χ2v) is 13.0. The van der Waals surface area contributed by atoms with Gasteiger partial charge in [0.25, 0.3) is 0 Å². The van der Waals surface area contributed by atoms with Crippen LogP contribution in [0.2, 0.25) is 10.0 Å². The van der Waals surface area contributed by atoms with Gasteiger partial charge in [-0.25, -0.2) is 19.0 Å². The molecule has 218 valence electrons. The number of hydrogen-bond donors (Lipinski definition) is 0. The Labute approximate surface area is 254 Å². The number of halogens is 3. The number of piperidine rings is 1. The number of hydrogen-bond acceptors (Lipinski definition) is 9. The number of methoxy groups -OCH3 is 1. The topological polar surface area (TPSA) is 94.8 Å². The first kappa shape index (κ1) is 27.6. The highest BCUT2D eigenvalue weighted by molar-refractivity contribution is 7.22. The number of anilines is 1. The third-order valence-electron chi connectivity index (χ3n) is 8.47.